The second kappa shape index (κ2) is 4.57. The molecule has 94 valence electrons. The van der Waals surface area contributed by atoms with Crippen molar-refractivity contribution in [3.63, 3.8) is 0 Å². The largest absolute Gasteiger partial charge is 0.506 e. The molecular formula is C15H12N2O2. The minimum absolute atomic E-state index is 0.0366. The monoisotopic (exact) mass is 252 g/mol. The molecule has 2 N–H and O–H groups in total. The molecule has 0 aliphatic heterocycles. The van der Waals surface area contributed by atoms with Gasteiger partial charge in [0.2, 0.25) is 0 Å². The maximum Gasteiger partial charge on any atom is 0.258 e. The van der Waals surface area contributed by atoms with Crippen LogP contribution in [0.25, 0.3) is 10.9 Å². The first-order chi connectivity index (χ1) is 9.24. The quantitative estimate of drug-likeness (QED) is 0.735. The Balaban J connectivity index is 2.11. The van der Waals surface area contributed by atoms with Crippen LogP contribution < -0.4 is 5.56 Å². The van der Waals surface area contributed by atoms with Gasteiger partial charge in [0.1, 0.15) is 11.3 Å². The topological polar surface area (TPSA) is 66.0 Å². The second-order valence-corrected chi connectivity index (χ2v) is 4.41. The molecule has 1 aromatic heterocycles. The van der Waals surface area contributed by atoms with Gasteiger partial charge < -0.3 is 10.1 Å². The van der Waals surface area contributed by atoms with E-state index in [1.54, 1.807) is 12.1 Å². The van der Waals surface area contributed by atoms with Crippen LogP contribution in [0.3, 0.4) is 0 Å². The Kier molecular flexibility index (Phi) is 2.76. The molecule has 3 rings (SSSR count). The summed E-state index contributed by atoms with van der Waals surface area (Å²) in [6.45, 7) is 0. The van der Waals surface area contributed by atoms with Gasteiger partial charge >= 0.3 is 0 Å². The third-order valence-corrected chi connectivity index (χ3v) is 3.03. The van der Waals surface area contributed by atoms with Crippen LogP contribution in [0.1, 0.15) is 11.1 Å². The summed E-state index contributed by atoms with van der Waals surface area (Å²) in [4.78, 5) is 18.2. The van der Waals surface area contributed by atoms with E-state index in [1.807, 2.05) is 30.3 Å². The highest BCUT2D eigenvalue weighted by atomic mass is 16.3. The molecule has 4 nitrogen and oxygen atoms in total. The van der Waals surface area contributed by atoms with Crippen LogP contribution in [0.5, 0.6) is 5.75 Å². The molecule has 0 unspecified atom stereocenters. The van der Waals surface area contributed by atoms with Crippen molar-refractivity contribution in [2.45, 2.75) is 6.42 Å². The van der Waals surface area contributed by atoms with Crippen molar-refractivity contribution >= 4 is 10.9 Å². The number of aromatic hydroxyl groups is 1. The number of phenolic OH excluding ortho intramolecular Hbond substituents is 1. The van der Waals surface area contributed by atoms with Crippen LogP contribution in [-0.4, -0.2) is 15.1 Å². The third-order valence-electron chi connectivity index (χ3n) is 3.03. The number of hydrogen-bond donors (Lipinski definition) is 2. The van der Waals surface area contributed by atoms with Gasteiger partial charge in [-0.05, 0) is 29.7 Å². The van der Waals surface area contributed by atoms with E-state index in [2.05, 4.69) is 9.97 Å². The molecule has 0 amide bonds. The average Bonchev–Trinajstić information content (AvgIpc) is 2.41. The Hall–Kier alpha value is -2.62. The van der Waals surface area contributed by atoms with E-state index < -0.39 is 0 Å². The van der Waals surface area contributed by atoms with E-state index in [9.17, 15) is 9.90 Å². The van der Waals surface area contributed by atoms with Gasteiger partial charge in [0, 0.05) is 0 Å². The molecule has 0 fully saturated rings. The smallest absolute Gasteiger partial charge is 0.258 e. The fourth-order valence-electron chi connectivity index (χ4n) is 2.15. The Morgan fingerprint density at radius 1 is 1.11 bits per heavy atom. The second-order valence-electron chi connectivity index (χ2n) is 4.41. The molecule has 0 radical (unpaired) electrons. The number of H-pyrrole nitrogens is 1. The summed E-state index contributed by atoms with van der Waals surface area (Å²) < 4.78 is 0. The average molecular weight is 252 g/mol. The van der Waals surface area contributed by atoms with Gasteiger partial charge in [-0.3, -0.25) is 4.79 Å². The Morgan fingerprint density at radius 2 is 1.89 bits per heavy atom. The Labute approximate surface area is 109 Å². The number of nitrogens with zero attached hydrogens (tertiary/aromatic N) is 1. The van der Waals surface area contributed by atoms with Crippen LogP contribution in [0.15, 0.2) is 53.6 Å². The van der Waals surface area contributed by atoms with Gasteiger partial charge in [0.25, 0.3) is 5.56 Å². The lowest BCUT2D eigenvalue weighted by molar-refractivity contribution is 0.479. The summed E-state index contributed by atoms with van der Waals surface area (Å²) in [5.74, 6) is 0.0366. The maximum absolute atomic E-state index is 11.7. The molecule has 0 saturated carbocycles. The van der Waals surface area contributed by atoms with Crippen molar-refractivity contribution < 1.29 is 5.11 Å². The van der Waals surface area contributed by atoms with E-state index >= 15 is 0 Å². The van der Waals surface area contributed by atoms with Crippen molar-refractivity contribution in [3.05, 3.63) is 70.3 Å². The number of fused-ring (bicyclic) bond motifs is 1. The highest BCUT2D eigenvalue weighted by Crippen LogP contribution is 2.23. The lowest BCUT2D eigenvalue weighted by Crippen LogP contribution is -2.06. The van der Waals surface area contributed by atoms with E-state index in [1.165, 1.54) is 6.33 Å². The molecule has 3 aromatic rings. The van der Waals surface area contributed by atoms with E-state index in [0.717, 1.165) is 11.1 Å². The Morgan fingerprint density at radius 3 is 2.68 bits per heavy atom. The van der Waals surface area contributed by atoms with E-state index in [4.69, 9.17) is 0 Å². The number of phenols is 1. The highest BCUT2D eigenvalue weighted by Gasteiger charge is 2.07. The van der Waals surface area contributed by atoms with Crippen molar-refractivity contribution in [2.75, 3.05) is 0 Å². The summed E-state index contributed by atoms with van der Waals surface area (Å²) in [5, 5.41) is 10.3. The zero-order valence-electron chi connectivity index (χ0n) is 10.1. The number of benzene rings is 2. The predicted molar refractivity (Wildman–Crippen MR) is 73.3 cm³/mol. The van der Waals surface area contributed by atoms with E-state index in [0.29, 0.717) is 17.3 Å². The molecule has 0 atom stereocenters. The highest BCUT2D eigenvalue weighted by molar-refractivity contribution is 5.84. The number of aromatic nitrogens is 2. The number of aromatic amines is 1. The molecule has 1 heterocycles. The van der Waals surface area contributed by atoms with Crippen LogP contribution in [0.2, 0.25) is 0 Å². The molecule has 0 aliphatic rings. The predicted octanol–water partition coefficient (Wildman–Crippen LogP) is 2.22. The van der Waals surface area contributed by atoms with E-state index in [-0.39, 0.29) is 11.3 Å². The summed E-state index contributed by atoms with van der Waals surface area (Å²) in [7, 11) is 0. The summed E-state index contributed by atoms with van der Waals surface area (Å²) in [5.41, 5.74) is 2.10. The first kappa shape index (κ1) is 11.5. The zero-order valence-corrected chi connectivity index (χ0v) is 10.1. The summed E-state index contributed by atoms with van der Waals surface area (Å²) >= 11 is 0. The first-order valence-corrected chi connectivity index (χ1v) is 5.97. The molecular weight excluding hydrogens is 240 g/mol. The zero-order chi connectivity index (χ0) is 13.2. The molecule has 0 spiro atoms. The Bertz CT molecular complexity index is 779. The van der Waals surface area contributed by atoms with Gasteiger partial charge in [-0.1, -0.05) is 30.3 Å². The minimum Gasteiger partial charge on any atom is -0.506 e. The van der Waals surface area contributed by atoms with Crippen molar-refractivity contribution in [1.29, 1.82) is 0 Å². The van der Waals surface area contributed by atoms with Crippen LogP contribution in [0, 0.1) is 0 Å². The molecule has 0 aliphatic carbocycles. The first-order valence-electron chi connectivity index (χ1n) is 5.97. The molecule has 0 saturated heterocycles. The standard InChI is InChI=1S/C15H12N2O2/c18-13-8-11(6-10-4-2-1-3-5-10)7-12-14(13)16-9-17-15(12)19/h1-5,7-9,18H,6H2,(H,16,17,19). The minimum atomic E-state index is -0.241. The maximum atomic E-state index is 11.7. The van der Waals surface area contributed by atoms with Crippen molar-refractivity contribution in [3.8, 4) is 5.75 Å². The lowest BCUT2D eigenvalue weighted by Gasteiger charge is -2.05. The van der Waals surface area contributed by atoms with Crippen LogP contribution in [0.4, 0.5) is 0 Å². The molecule has 0 bridgehead atoms. The summed E-state index contributed by atoms with van der Waals surface area (Å²) in [6, 6.07) is 13.3. The fourth-order valence-corrected chi connectivity index (χ4v) is 2.15. The number of hydrogen-bond acceptors (Lipinski definition) is 3. The molecule has 4 heteroatoms. The number of rotatable bonds is 2. The van der Waals surface area contributed by atoms with Gasteiger partial charge in [0.15, 0.2) is 0 Å². The van der Waals surface area contributed by atoms with Gasteiger partial charge in [0.05, 0.1) is 11.7 Å². The van der Waals surface area contributed by atoms with Gasteiger partial charge in [-0.15, -0.1) is 0 Å². The number of nitrogens with one attached hydrogen (secondary N) is 1. The van der Waals surface area contributed by atoms with Crippen molar-refractivity contribution in [1.82, 2.24) is 9.97 Å². The van der Waals surface area contributed by atoms with Gasteiger partial charge in [-0.2, -0.15) is 0 Å². The fraction of sp³-hybridized carbons (Fsp3) is 0.0667. The van der Waals surface area contributed by atoms with Crippen molar-refractivity contribution in [2.24, 2.45) is 0 Å². The molecule has 2 aromatic carbocycles. The van der Waals surface area contributed by atoms with Crippen LogP contribution in [-0.2, 0) is 6.42 Å². The normalized spacial score (nSPS) is 10.7. The lowest BCUT2D eigenvalue weighted by atomic mass is 10.0. The summed E-state index contributed by atoms with van der Waals surface area (Å²) in [6.07, 6.45) is 1.96. The van der Waals surface area contributed by atoms with Gasteiger partial charge in [-0.25, -0.2) is 4.98 Å². The van der Waals surface area contributed by atoms with Crippen LogP contribution >= 0.6 is 0 Å². The SMILES string of the molecule is O=c1[nH]cnc2c(O)cc(Cc3ccccc3)cc12. The molecule has 19 heavy (non-hydrogen) atoms. The third kappa shape index (κ3) is 2.20.